The van der Waals surface area contributed by atoms with Crippen molar-refractivity contribution in [1.82, 2.24) is 5.32 Å². The first-order chi connectivity index (χ1) is 13.6. The Balaban J connectivity index is 1.77. The molecule has 1 amide bonds. The Morgan fingerprint density at radius 2 is 1.72 bits per heavy atom. The van der Waals surface area contributed by atoms with Crippen LogP contribution >= 0.6 is 0 Å². The van der Waals surface area contributed by atoms with Gasteiger partial charge in [-0.2, -0.15) is 0 Å². The molecule has 29 heavy (non-hydrogen) atoms. The fourth-order valence-corrected chi connectivity index (χ4v) is 4.42. The summed E-state index contributed by atoms with van der Waals surface area (Å²) in [5, 5.41) is 24.0. The number of carboxylic acid groups (broad SMARTS) is 2. The highest BCUT2D eigenvalue weighted by Crippen LogP contribution is 2.56. The number of rotatable bonds is 6. The summed E-state index contributed by atoms with van der Waals surface area (Å²) in [5.41, 5.74) is -0.987. The third kappa shape index (κ3) is 3.71. The number of hydrogen-bond acceptors (Lipinski definition) is 3. The van der Waals surface area contributed by atoms with Crippen molar-refractivity contribution in [3.63, 3.8) is 0 Å². The lowest BCUT2D eigenvalue weighted by atomic mass is 9.65. The van der Waals surface area contributed by atoms with Crippen LogP contribution in [0.25, 0.3) is 10.8 Å². The number of benzene rings is 2. The lowest BCUT2D eigenvalue weighted by Crippen LogP contribution is -2.49. The number of carbonyl (C=O) groups is 3. The number of amides is 1. The van der Waals surface area contributed by atoms with Crippen LogP contribution in [-0.2, 0) is 20.8 Å². The average molecular weight is 397 g/mol. The van der Waals surface area contributed by atoms with Crippen LogP contribution in [0.2, 0.25) is 0 Å². The second-order valence-electron chi connectivity index (χ2n) is 8.74. The summed E-state index contributed by atoms with van der Waals surface area (Å²) >= 11 is 0. The molecule has 0 bridgehead atoms. The Hall–Kier alpha value is -2.89. The molecule has 2 aromatic rings. The van der Waals surface area contributed by atoms with E-state index in [2.05, 4.69) is 5.32 Å². The molecule has 1 aliphatic rings. The predicted octanol–water partition coefficient (Wildman–Crippen LogP) is 3.48. The SMILES string of the molecule is CC1(C)[C@@H](C(=O)N[C@@H](Cc2ccc3ccccc3c2)C(=O)O)CC[C@@]1(C)C(=O)O. The molecule has 6 nitrogen and oxygen atoms in total. The zero-order valence-electron chi connectivity index (χ0n) is 16.9. The Kier molecular flexibility index (Phi) is 5.39. The van der Waals surface area contributed by atoms with Crippen molar-refractivity contribution in [3.8, 4) is 0 Å². The Bertz CT molecular complexity index is 967. The van der Waals surface area contributed by atoms with E-state index in [4.69, 9.17) is 0 Å². The van der Waals surface area contributed by atoms with Gasteiger partial charge in [0.25, 0.3) is 0 Å². The number of nitrogens with one attached hydrogen (secondary N) is 1. The van der Waals surface area contributed by atoms with Gasteiger partial charge in [0.15, 0.2) is 0 Å². The standard InChI is InChI=1S/C23H27NO5/c1-22(2)17(10-11-23(22,3)21(28)29)19(25)24-18(20(26)27)13-14-8-9-15-6-4-5-7-16(15)12-14/h4-9,12,17-18H,10-11,13H2,1-3H3,(H,24,25)(H,26,27)(H,28,29)/t17-,18+,23+/m1/s1. The minimum atomic E-state index is -1.11. The van der Waals surface area contributed by atoms with Crippen LogP contribution in [0.5, 0.6) is 0 Å². The fourth-order valence-electron chi connectivity index (χ4n) is 4.42. The van der Waals surface area contributed by atoms with Gasteiger partial charge in [-0.15, -0.1) is 0 Å². The molecule has 0 spiro atoms. The van der Waals surface area contributed by atoms with Crippen molar-refractivity contribution in [2.75, 3.05) is 0 Å². The summed E-state index contributed by atoms with van der Waals surface area (Å²) in [7, 11) is 0. The summed E-state index contributed by atoms with van der Waals surface area (Å²) in [6.45, 7) is 5.21. The predicted molar refractivity (Wildman–Crippen MR) is 109 cm³/mol. The zero-order chi connectivity index (χ0) is 21.4. The van der Waals surface area contributed by atoms with Gasteiger partial charge in [0.2, 0.25) is 5.91 Å². The van der Waals surface area contributed by atoms with Crippen molar-refractivity contribution in [1.29, 1.82) is 0 Å². The van der Waals surface area contributed by atoms with Gasteiger partial charge in [0, 0.05) is 12.3 Å². The van der Waals surface area contributed by atoms with Crippen LogP contribution in [0.3, 0.4) is 0 Å². The van der Waals surface area contributed by atoms with E-state index in [1.807, 2.05) is 42.5 Å². The third-order valence-electron chi connectivity index (χ3n) is 6.88. The van der Waals surface area contributed by atoms with Gasteiger partial charge in [-0.25, -0.2) is 4.79 Å². The second kappa shape index (κ2) is 7.50. The van der Waals surface area contributed by atoms with Crippen LogP contribution < -0.4 is 5.32 Å². The molecule has 3 atom stereocenters. The number of aliphatic carboxylic acids is 2. The first-order valence-electron chi connectivity index (χ1n) is 9.80. The van der Waals surface area contributed by atoms with Crippen LogP contribution in [0.1, 0.15) is 39.2 Å². The molecule has 0 unspecified atom stereocenters. The molecule has 0 aromatic heterocycles. The van der Waals surface area contributed by atoms with Gasteiger partial charge >= 0.3 is 11.9 Å². The normalized spacial score (nSPS) is 24.2. The molecule has 0 radical (unpaired) electrons. The molecule has 0 aliphatic heterocycles. The number of fused-ring (bicyclic) bond motifs is 1. The summed E-state index contributed by atoms with van der Waals surface area (Å²) in [4.78, 5) is 36.5. The maximum atomic E-state index is 12.9. The molecule has 0 saturated heterocycles. The second-order valence-corrected chi connectivity index (χ2v) is 8.74. The van der Waals surface area contributed by atoms with E-state index in [1.165, 1.54) is 0 Å². The molecule has 2 aromatic carbocycles. The highest BCUT2D eigenvalue weighted by atomic mass is 16.4. The van der Waals surface area contributed by atoms with Crippen molar-refractivity contribution >= 4 is 28.6 Å². The van der Waals surface area contributed by atoms with Gasteiger partial charge in [0.1, 0.15) is 6.04 Å². The smallest absolute Gasteiger partial charge is 0.326 e. The van der Waals surface area contributed by atoms with Gasteiger partial charge in [-0.1, -0.05) is 56.3 Å². The summed E-state index contributed by atoms with van der Waals surface area (Å²) in [6, 6.07) is 12.5. The van der Waals surface area contributed by atoms with Gasteiger partial charge in [-0.3, -0.25) is 9.59 Å². The Labute approximate surface area is 169 Å². The monoisotopic (exact) mass is 397 g/mol. The highest BCUT2D eigenvalue weighted by Gasteiger charge is 2.58. The largest absolute Gasteiger partial charge is 0.481 e. The molecule has 1 aliphatic carbocycles. The van der Waals surface area contributed by atoms with E-state index in [9.17, 15) is 24.6 Å². The molecule has 3 rings (SSSR count). The first-order valence-corrected chi connectivity index (χ1v) is 9.80. The lowest BCUT2D eigenvalue weighted by Gasteiger charge is -2.38. The van der Waals surface area contributed by atoms with E-state index in [1.54, 1.807) is 20.8 Å². The molecule has 3 N–H and O–H groups in total. The minimum Gasteiger partial charge on any atom is -0.481 e. The lowest BCUT2D eigenvalue weighted by molar-refractivity contribution is -0.155. The molecular weight excluding hydrogens is 370 g/mol. The zero-order valence-corrected chi connectivity index (χ0v) is 16.9. The number of hydrogen-bond donors (Lipinski definition) is 3. The van der Waals surface area contributed by atoms with Crippen LogP contribution in [0.15, 0.2) is 42.5 Å². The first kappa shape index (κ1) is 20.8. The van der Waals surface area contributed by atoms with E-state index >= 15 is 0 Å². The summed E-state index contributed by atoms with van der Waals surface area (Å²) in [6.07, 6.45) is 0.967. The van der Waals surface area contributed by atoms with Gasteiger partial charge in [0.05, 0.1) is 5.41 Å². The fraction of sp³-hybridized carbons (Fsp3) is 0.435. The maximum Gasteiger partial charge on any atom is 0.326 e. The van der Waals surface area contributed by atoms with E-state index in [0.29, 0.717) is 12.8 Å². The molecule has 1 fully saturated rings. The van der Waals surface area contributed by atoms with Crippen molar-refractivity contribution in [2.24, 2.45) is 16.7 Å². The number of carbonyl (C=O) groups excluding carboxylic acids is 1. The molecule has 6 heteroatoms. The maximum absolute atomic E-state index is 12.9. The molecule has 154 valence electrons. The molecule has 1 saturated carbocycles. The van der Waals surface area contributed by atoms with Crippen LogP contribution in [-0.4, -0.2) is 34.1 Å². The number of carboxylic acids is 2. The average Bonchev–Trinajstić information content (AvgIpc) is 2.91. The summed E-state index contributed by atoms with van der Waals surface area (Å²) < 4.78 is 0. The third-order valence-corrected chi connectivity index (χ3v) is 6.88. The minimum absolute atomic E-state index is 0.162. The van der Waals surface area contributed by atoms with Gasteiger partial charge in [-0.05, 0) is 41.5 Å². The van der Waals surface area contributed by atoms with Crippen molar-refractivity contribution < 1.29 is 24.6 Å². The van der Waals surface area contributed by atoms with Crippen molar-refractivity contribution in [3.05, 3.63) is 48.0 Å². The highest BCUT2D eigenvalue weighted by molar-refractivity contribution is 5.88. The van der Waals surface area contributed by atoms with Gasteiger partial charge < -0.3 is 15.5 Å². The Morgan fingerprint density at radius 1 is 1.07 bits per heavy atom. The van der Waals surface area contributed by atoms with Crippen LogP contribution in [0, 0.1) is 16.7 Å². The molecular formula is C23H27NO5. The quantitative estimate of drug-likeness (QED) is 0.692. The van der Waals surface area contributed by atoms with E-state index in [-0.39, 0.29) is 6.42 Å². The van der Waals surface area contributed by atoms with E-state index in [0.717, 1.165) is 16.3 Å². The summed E-state index contributed by atoms with van der Waals surface area (Å²) in [5.74, 6) is -2.98. The van der Waals surface area contributed by atoms with Crippen LogP contribution in [0.4, 0.5) is 0 Å². The van der Waals surface area contributed by atoms with Crippen molar-refractivity contribution in [2.45, 2.75) is 46.1 Å². The topological polar surface area (TPSA) is 104 Å². The molecule has 0 heterocycles. The Morgan fingerprint density at radius 3 is 2.31 bits per heavy atom. The van der Waals surface area contributed by atoms with E-state index < -0.39 is 40.6 Å².